The van der Waals surface area contributed by atoms with Gasteiger partial charge < -0.3 is 20.1 Å². The molecule has 0 bridgehead atoms. The number of carbonyl (C=O) groups excluding carboxylic acids is 2. The average molecular weight is 360 g/mol. The van der Waals surface area contributed by atoms with E-state index in [2.05, 4.69) is 22.8 Å². The quantitative estimate of drug-likeness (QED) is 0.758. The Kier molecular flexibility index (Phi) is 7.06. The summed E-state index contributed by atoms with van der Waals surface area (Å²) in [6, 6.07) is 10.3. The highest BCUT2D eigenvalue weighted by Gasteiger charge is 2.32. The lowest BCUT2D eigenvalue weighted by Crippen LogP contribution is -2.36. The predicted molar refractivity (Wildman–Crippen MR) is 100 cm³/mol. The number of carbonyl (C=O) groups is 2. The molecule has 142 valence electrons. The average Bonchev–Trinajstić information content (AvgIpc) is 2.53. The van der Waals surface area contributed by atoms with Gasteiger partial charge in [0.2, 0.25) is 0 Å². The van der Waals surface area contributed by atoms with E-state index in [1.807, 2.05) is 39.0 Å². The predicted octanol–water partition coefficient (Wildman–Crippen LogP) is 3.74. The van der Waals surface area contributed by atoms with E-state index >= 15 is 0 Å². The first-order valence-corrected chi connectivity index (χ1v) is 8.95. The number of alkyl carbamates (subject to hydrolysis) is 2. The molecule has 0 radical (unpaired) electrons. The second kappa shape index (κ2) is 9.27. The zero-order valence-electron chi connectivity index (χ0n) is 15.7. The van der Waals surface area contributed by atoms with Crippen LogP contribution in [0.3, 0.4) is 0 Å². The van der Waals surface area contributed by atoms with Gasteiger partial charge >= 0.3 is 12.2 Å². The van der Waals surface area contributed by atoms with Gasteiger partial charge in [0.1, 0.15) is 11.7 Å². The number of amides is 2. The number of rotatable bonds is 6. The zero-order chi connectivity index (χ0) is 19.0. The highest BCUT2D eigenvalue weighted by Crippen LogP contribution is 2.38. The Morgan fingerprint density at radius 1 is 1.04 bits per heavy atom. The van der Waals surface area contributed by atoms with Crippen LogP contribution in [-0.4, -0.2) is 37.0 Å². The number of ether oxygens (including phenoxy) is 2. The number of hydrogen-bond acceptors (Lipinski definition) is 4. The highest BCUT2D eigenvalue weighted by molar-refractivity contribution is 5.68. The van der Waals surface area contributed by atoms with Crippen molar-refractivity contribution in [3.63, 3.8) is 0 Å². The van der Waals surface area contributed by atoms with E-state index in [0.717, 1.165) is 12.8 Å². The third-order valence-electron chi connectivity index (χ3n) is 3.93. The van der Waals surface area contributed by atoms with Crippen LogP contribution < -0.4 is 10.6 Å². The van der Waals surface area contributed by atoms with Gasteiger partial charge in [0.15, 0.2) is 0 Å². The van der Waals surface area contributed by atoms with Gasteiger partial charge in [0, 0.05) is 13.1 Å². The fourth-order valence-electron chi connectivity index (χ4n) is 2.62. The van der Waals surface area contributed by atoms with E-state index in [1.54, 1.807) is 12.2 Å². The molecule has 0 spiro atoms. The second-order valence-electron chi connectivity index (χ2n) is 7.34. The van der Waals surface area contributed by atoms with Gasteiger partial charge in [-0.1, -0.05) is 42.5 Å². The van der Waals surface area contributed by atoms with Gasteiger partial charge in [-0.15, -0.1) is 0 Å². The normalized spacial score (nSPS) is 19.5. The summed E-state index contributed by atoms with van der Waals surface area (Å²) in [6.07, 6.45) is 4.35. The maximum absolute atomic E-state index is 11.7. The molecule has 6 nitrogen and oxygen atoms in total. The van der Waals surface area contributed by atoms with Crippen molar-refractivity contribution in [2.45, 2.75) is 51.2 Å². The number of benzene rings is 1. The molecule has 1 aliphatic rings. The van der Waals surface area contributed by atoms with Crippen LogP contribution in [0.5, 0.6) is 0 Å². The van der Waals surface area contributed by atoms with E-state index < -0.39 is 17.8 Å². The van der Waals surface area contributed by atoms with Crippen LogP contribution in [0.2, 0.25) is 0 Å². The molecule has 1 aliphatic carbocycles. The lowest BCUT2D eigenvalue weighted by atomic mass is 9.77. The molecule has 1 saturated carbocycles. The summed E-state index contributed by atoms with van der Waals surface area (Å²) in [6.45, 7) is 6.11. The van der Waals surface area contributed by atoms with Gasteiger partial charge in [-0.05, 0) is 45.1 Å². The van der Waals surface area contributed by atoms with Crippen molar-refractivity contribution < 1.29 is 19.1 Å². The molecule has 1 aromatic rings. The maximum Gasteiger partial charge on any atom is 0.407 e. The van der Waals surface area contributed by atoms with E-state index in [1.165, 1.54) is 5.56 Å². The Hall–Kier alpha value is -2.50. The summed E-state index contributed by atoms with van der Waals surface area (Å²) in [5.41, 5.74) is 0.786. The molecule has 6 heteroatoms. The first kappa shape index (κ1) is 19.8. The molecule has 1 fully saturated rings. The van der Waals surface area contributed by atoms with Gasteiger partial charge in [-0.25, -0.2) is 9.59 Å². The molecule has 26 heavy (non-hydrogen) atoms. The Labute approximate surface area is 154 Å². The zero-order valence-corrected chi connectivity index (χ0v) is 15.7. The molecule has 0 saturated heterocycles. The first-order chi connectivity index (χ1) is 12.3. The molecule has 0 unspecified atom stereocenters. The number of nitrogens with one attached hydrogen (secondary N) is 2. The van der Waals surface area contributed by atoms with Gasteiger partial charge in [0.25, 0.3) is 0 Å². The summed E-state index contributed by atoms with van der Waals surface area (Å²) in [5, 5.41) is 5.28. The Morgan fingerprint density at radius 3 is 2.19 bits per heavy atom. The standard InChI is InChI=1S/C20H28N2O4/c1-20(2,3)26-19(24)22-12-8-7-11-21-18(23)25-17-13-16(14-17)15-9-5-4-6-10-15/h4-10,16-17H,11-14H2,1-3H3,(H,21,23)(H,22,24)/b8-7+. The highest BCUT2D eigenvalue weighted by atomic mass is 16.6. The second-order valence-corrected chi connectivity index (χ2v) is 7.34. The van der Waals surface area contributed by atoms with Crippen LogP contribution in [0.1, 0.15) is 45.1 Å². The SMILES string of the molecule is CC(C)(C)OC(=O)NC/C=C/CNC(=O)OC1CC(c2ccccc2)C1. The molecule has 0 heterocycles. The van der Waals surface area contributed by atoms with Crippen LogP contribution in [0.25, 0.3) is 0 Å². The van der Waals surface area contributed by atoms with Gasteiger partial charge in [-0.3, -0.25) is 0 Å². The van der Waals surface area contributed by atoms with Crippen molar-refractivity contribution in [1.29, 1.82) is 0 Å². The van der Waals surface area contributed by atoms with Gasteiger partial charge in [0.05, 0.1) is 0 Å². The van der Waals surface area contributed by atoms with E-state index in [0.29, 0.717) is 19.0 Å². The minimum Gasteiger partial charge on any atom is -0.446 e. The summed E-state index contributed by atoms with van der Waals surface area (Å²) in [7, 11) is 0. The van der Waals surface area contributed by atoms with Crippen LogP contribution in [-0.2, 0) is 9.47 Å². The van der Waals surface area contributed by atoms with Crippen LogP contribution in [0, 0.1) is 0 Å². The smallest absolute Gasteiger partial charge is 0.407 e. The molecular weight excluding hydrogens is 332 g/mol. The molecule has 2 amide bonds. The Bertz CT molecular complexity index is 616. The fourth-order valence-corrected chi connectivity index (χ4v) is 2.62. The lowest BCUT2D eigenvalue weighted by Gasteiger charge is -2.34. The van der Waals surface area contributed by atoms with Crippen molar-refractivity contribution in [2.24, 2.45) is 0 Å². The molecular formula is C20H28N2O4. The van der Waals surface area contributed by atoms with Crippen molar-refractivity contribution in [3.8, 4) is 0 Å². The molecule has 0 aromatic heterocycles. The summed E-state index contributed by atoms with van der Waals surface area (Å²) < 4.78 is 10.5. The summed E-state index contributed by atoms with van der Waals surface area (Å²) in [5.74, 6) is 0.479. The molecule has 1 aromatic carbocycles. The van der Waals surface area contributed by atoms with E-state index in [-0.39, 0.29) is 6.10 Å². The fraction of sp³-hybridized carbons (Fsp3) is 0.500. The van der Waals surface area contributed by atoms with Crippen molar-refractivity contribution in [2.75, 3.05) is 13.1 Å². The van der Waals surface area contributed by atoms with Crippen LogP contribution in [0.4, 0.5) is 9.59 Å². The van der Waals surface area contributed by atoms with E-state index in [4.69, 9.17) is 9.47 Å². The largest absolute Gasteiger partial charge is 0.446 e. The minimum atomic E-state index is -0.514. The van der Waals surface area contributed by atoms with Crippen molar-refractivity contribution in [3.05, 3.63) is 48.0 Å². The summed E-state index contributed by atoms with van der Waals surface area (Å²) >= 11 is 0. The Morgan fingerprint density at radius 2 is 1.62 bits per heavy atom. The van der Waals surface area contributed by atoms with Gasteiger partial charge in [-0.2, -0.15) is 0 Å². The lowest BCUT2D eigenvalue weighted by molar-refractivity contribution is 0.0400. The van der Waals surface area contributed by atoms with Crippen LogP contribution >= 0.6 is 0 Å². The third-order valence-corrected chi connectivity index (χ3v) is 3.93. The van der Waals surface area contributed by atoms with E-state index in [9.17, 15) is 9.59 Å². The molecule has 0 atom stereocenters. The van der Waals surface area contributed by atoms with Crippen molar-refractivity contribution in [1.82, 2.24) is 10.6 Å². The third kappa shape index (κ3) is 7.17. The topological polar surface area (TPSA) is 76.7 Å². The molecule has 0 aliphatic heterocycles. The minimum absolute atomic E-state index is 0.0157. The Balaban J connectivity index is 1.53. The summed E-state index contributed by atoms with van der Waals surface area (Å²) in [4.78, 5) is 23.2. The molecule has 2 N–H and O–H groups in total. The maximum atomic E-state index is 11.7. The molecule has 2 rings (SSSR count). The monoisotopic (exact) mass is 360 g/mol. The number of hydrogen-bond donors (Lipinski definition) is 2. The van der Waals surface area contributed by atoms with Crippen molar-refractivity contribution >= 4 is 12.2 Å². The van der Waals surface area contributed by atoms with Crippen LogP contribution in [0.15, 0.2) is 42.5 Å². The first-order valence-electron chi connectivity index (χ1n) is 8.95.